The van der Waals surface area contributed by atoms with Crippen LogP contribution in [0.5, 0.6) is 0 Å². The number of esters is 1. The molecule has 0 atom stereocenters. The van der Waals surface area contributed by atoms with Gasteiger partial charge in [0.15, 0.2) is 5.13 Å². The van der Waals surface area contributed by atoms with E-state index in [1.54, 1.807) is 0 Å². The van der Waals surface area contributed by atoms with Gasteiger partial charge in [0, 0.05) is 21.2 Å². The van der Waals surface area contributed by atoms with Crippen LogP contribution in [0.4, 0.5) is 10.8 Å². The van der Waals surface area contributed by atoms with Crippen LogP contribution in [-0.4, -0.2) is 18.1 Å². The van der Waals surface area contributed by atoms with Gasteiger partial charge in [-0.2, -0.15) is 0 Å². The summed E-state index contributed by atoms with van der Waals surface area (Å²) in [6.07, 6.45) is 0.182. The Balaban J connectivity index is 1.97. The molecule has 0 aliphatic rings. The van der Waals surface area contributed by atoms with Gasteiger partial charge in [-0.25, -0.2) is 4.98 Å². The number of ether oxygens (including phenoxy) is 1. The Morgan fingerprint density at radius 1 is 1.20 bits per heavy atom. The molecule has 0 aliphatic heterocycles. The summed E-state index contributed by atoms with van der Waals surface area (Å²) in [5.41, 5.74) is 3.80. The molecule has 0 aliphatic carbocycles. The number of carbonyl (C=O) groups is 1. The van der Waals surface area contributed by atoms with Crippen molar-refractivity contribution in [2.24, 2.45) is 0 Å². The summed E-state index contributed by atoms with van der Waals surface area (Å²) in [6.45, 7) is 2.03. The number of nitrogens with one attached hydrogen (secondary N) is 1. The summed E-state index contributed by atoms with van der Waals surface area (Å²) in [6, 6.07) is 15.4. The van der Waals surface area contributed by atoms with Crippen molar-refractivity contribution < 1.29 is 9.53 Å². The number of hydrogen-bond donors (Lipinski definition) is 1. The van der Waals surface area contributed by atoms with E-state index in [1.807, 2.05) is 55.5 Å². The summed E-state index contributed by atoms with van der Waals surface area (Å²) < 4.78 is 4.81. The van der Waals surface area contributed by atoms with Crippen molar-refractivity contribution in [2.75, 3.05) is 12.4 Å². The number of thiazole rings is 1. The fourth-order valence-corrected chi connectivity index (χ4v) is 3.50. The minimum absolute atomic E-state index is 0.182. The maximum Gasteiger partial charge on any atom is 0.310 e. The highest BCUT2D eigenvalue weighted by Crippen LogP contribution is 2.34. The molecule has 0 saturated carbocycles. The molecule has 0 fully saturated rings. The molecule has 0 bridgehead atoms. The van der Waals surface area contributed by atoms with Crippen LogP contribution in [0.3, 0.4) is 0 Å². The first-order valence-corrected chi connectivity index (χ1v) is 8.91. The summed E-state index contributed by atoms with van der Waals surface area (Å²) in [4.78, 5) is 17.3. The molecule has 1 N–H and O–H groups in total. The molecular formula is C19H17ClN2O2S. The normalized spacial score (nSPS) is 10.5. The lowest BCUT2D eigenvalue weighted by molar-refractivity contribution is -0.139. The summed E-state index contributed by atoms with van der Waals surface area (Å²) in [5.74, 6) is -0.290. The Morgan fingerprint density at radius 3 is 2.60 bits per heavy atom. The lowest BCUT2D eigenvalue weighted by Gasteiger charge is -2.05. The summed E-state index contributed by atoms with van der Waals surface area (Å²) in [5, 5.41) is 4.73. The fraction of sp³-hybridized carbons (Fsp3) is 0.158. The molecular weight excluding hydrogens is 356 g/mol. The number of aromatic nitrogens is 1. The number of hydrogen-bond acceptors (Lipinski definition) is 5. The molecule has 0 spiro atoms. The maximum atomic E-state index is 11.8. The second kappa shape index (κ2) is 7.68. The van der Waals surface area contributed by atoms with Gasteiger partial charge in [-0.3, -0.25) is 4.79 Å². The fourth-order valence-electron chi connectivity index (χ4n) is 2.39. The zero-order valence-electron chi connectivity index (χ0n) is 13.9. The quantitative estimate of drug-likeness (QED) is 0.623. The predicted octanol–water partition coefficient (Wildman–Crippen LogP) is 5.23. The number of nitrogens with zero attached hydrogens (tertiary/aromatic N) is 1. The van der Waals surface area contributed by atoms with Crippen LogP contribution in [0.1, 0.15) is 10.4 Å². The van der Waals surface area contributed by atoms with E-state index in [0.29, 0.717) is 5.02 Å². The van der Waals surface area contributed by atoms with Crippen molar-refractivity contribution in [3.05, 3.63) is 64.0 Å². The van der Waals surface area contributed by atoms with Crippen LogP contribution < -0.4 is 5.32 Å². The molecule has 3 aromatic rings. The van der Waals surface area contributed by atoms with Crippen molar-refractivity contribution in [1.29, 1.82) is 0 Å². The van der Waals surface area contributed by atoms with E-state index in [2.05, 4.69) is 5.32 Å². The van der Waals surface area contributed by atoms with Crippen LogP contribution in [0.25, 0.3) is 11.3 Å². The first-order chi connectivity index (χ1) is 12.1. The lowest BCUT2D eigenvalue weighted by atomic mass is 10.1. The van der Waals surface area contributed by atoms with Gasteiger partial charge >= 0.3 is 5.97 Å². The van der Waals surface area contributed by atoms with Crippen molar-refractivity contribution in [3.8, 4) is 11.3 Å². The van der Waals surface area contributed by atoms with E-state index in [9.17, 15) is 4.79 Å². The Hall–Kier alpha value is -2.37. The average molecular weight is 373 g/mol. The van der Waals surface area contributed by atoms with Gasteiger partial charge in [0.1, 0.15) is 0 Å². The molecule has 25 heavy (non-hydrogen) atoms. The van der Waals surface area contributed by atoms with Gasteiger partial charge in [-0.1, -0.05) is 41.9 Å². The highest BCUT2D eigenvalue weighted by atomic mass is 35.5. The Labute approximate surface area is 155 Å². The minimum Gasteiger partial charge on any atom is -0.469 e. The highest BCUT2D eigenvalue weighted by Gasteiger charge is 2.17. The van der Waals surface area contributed by atoms with Gasteiger partial charge in [-0.05, 0) is 30.7 Å². The Kier molecular flexibility index (Phi) is 5.36. The number of aryl methyl sites for hydroxylation is 1. The minimum atomic E-state index is -0.290. The van der Waals surface area contributed by atoms with Crippen LogP contribution in [0, 0.1) is 6.92 Å². The van der Waals surface area contributed by atoms with Crippen molar-refractivity contribution >= 4 is 39.7 Å². The highest BCUT2D eigenvalue weighted by molar-refractivity contribution is 7.16. The van der Waals surface area contributed by atoms with E-state index < -0.39 is 0 Å². The molecule has 6 heteroatoms. The number of halogens is 1. The first kappa shape index (κ1) is 17.5. The largest absolute Gasteiger partial charge is 0.469 e. The van der Waals surface area contributed by atoms with Crippen LogP contribution in [0.2, 0.25) is 5.02 Å². The SMILES string of the molecule is COC(=O)Cc1sc(Nc2ccccc2C)nc1-c1ccc(Cl)cc1. The maximum absolute atomic E-state index is 11.8. The molecule has 4 nitrogen and oxygen atoms in total. The summed E-state index contributed by atoms with van der Waals surface area (Å²) >= 11 is 7.42. The average Bonchev–Trinajstić information content (AvgIpc) is 3.00. The molecule has 3 rings (SSSR count). The van der Waals surface area contributed by atoms with E-state index >= 15 is 0 Å². The molecule has 0 radical (unpaired) electrons. The van der Waals surface area contributed by atoms with Gasteiger partial charge in [-0.15, -0.1) is 11.3 Å². The van der Waals surface area contributed by atoms with Crippen molar-refractivity contribution in [2.45, 2.75) is 13.3 Å². The summed E-state index contributed by atoms with van der Waals surface area (Å²) in [7, 11) is 1.39. The third kappa shape index (κ3) is 4.18. The zero-order chi connectivity index (χ0) is 17.8. The Morgan fingerprint density at radius 2 is 1.92 bits per heavy atom. The van der Waals surface area contributed by atoms with Gasteiger partial charge in [0.05, 0.1) is 19.2 Å². The molecule has 0 amide bonds. The van der Waals surface area contributed by atoms with E-state index in [1.165, 1.54) is 18.4 Å². The monoisotopic (exact) mass is 372 g/mol. The standard InChI is InChI=1S/C19H17ClN2O2S/c1-12-5-3-4-6-15(12)21-19-22-18(13-7-9-14(20)10-8-13)16(25-19)11-17(23)24-2/h3-10H,11H2,1-2H3,(H,21,22). The topological polar surface area (TPSA) is 51.2 Å². The molecule has 1 aromatic heterocycles. The van der Waals surface area contributed by atoms with Gasteiger partial charge < -0.3 is 10.1 Å². The molecule has 128 valence electrons. The molecule has 0 unspecified atom stereocenters. The van der Waals surface area contributed by atoms with Crippen LogP contribution >= 0.6 is 22.9 Å². The first-order valence-electron chi connectivity index (χ1n) is 7.72. The number of anilines is 2. The second-order valence-electron chi connectivity index (χ2n) is 5.49. The number of rotatable bonds is 5. The third-order valence-corrected chi connectivity index (χ3v) is 4.96. The third-order valence-electron chi connectivity index (χ3n) is 3.73. The second-order valence-corrected chi connectivity index (χ2v) is 7.01. The zero-order valence-corrected chi connectivity index (χ0v) is 15.4. The van der Waals surface area contributed by atoms with Crippen LogP contribution in [0.15, 0.2) is 48.5 Å². The molecule has 1 heterocycles. The van der Waals surface area contributed by atoms with Crippen LogP contribution in [-0.2, 0) is 16.0 Å². The Bertz CT molecular complexity index is 891. The predicted molar refractivity (Wildman–Crippen MR) is 103 cm³/mol. The number of benzene rings is 2. The van der Waals surface area contributed by atoms with Gasteiger partial charge in [0.25, 0.3) is 0 Å². The number of methoxy groups -OCH3 is 1. The number of carbonyl (C=O) groups excluding carboxylic acids is 1. The van der Waals surface area contributed by atoms with Gasteiger partial charge in [0.2, 0.25) is 0 Å². The number of para-hydroxylation sites is 1. The van der Waals surface area contributed by atoms with E-state index in [0.717, 1.165) is 32.5 Å². The molecule has 2 aromatic carbocycles. The van der Waals surface area contributed by atoms with E-state index in [4.69, 9.17) is 21.3 Å². The smallest absolute Gasteiger partial charge is 0.310 e. The lowest BCUT2D eigenvalue weighted by Crippen LogP contribution is -2.03. The van der Waals surface area contributed by atoms with Crippen molar-refractivity contribution in [3.63, 3.8) is 0 Å². The van der Waals surface area contributed by atoms with Crippen molar-refractivity contribution in [1.82, 2.24) is 4.98 Å². The molecule has 0 saturated heterocycles. The van der Waals surface area contributed by atoms with E-state index in [-0.39, 0.29) is 12.4 Å².